The SMILES string of the molecule is COc1ccc(NC(=O)c2cccc(C(=O)NC3CCCCC3)n2)c(OC)c1. The van der Waals surface area contributed by atoms with Crippen LogP contribution >= 0.6 is 0 Å². The average molecular weight is 383 g/mol. The van der Waals surface area contributed by atoms with Crippen LogP contribution in [0.25, 0.3) is 0 Å². The molecule has 3 rings (SSSR count). The molecular weight excluding hydrogens is 358 g/mol. The summed E-state index contributed by atoms with van der Waals surface area (Å²) in [7, 11) is 3.07. The van der Waals surface area contributed by atoms with Gasteiger partial charge in [0.05, 0.1) is 19.9 Å². The average Bonchev–Trinajstić information content (AvgIpc) is 2.74. The topological polar surface area (TPSA) is 89.5 Å². The maximum absolute atomic E-state index is 12.6. The van der Waals surface area contributed by atoms with Crippen molar-refractivity contribution in [1.82, 2.24) is 10.3 Å². The second kappa shape index (κ2) is 9.21. The van der Waals surface area contributed by atoms with E-state index in [1.54, 1.807) is 43.5 Å². The van der Waals surface area contributed by atoms with Crippen molar-refractivity contribution >= 4 is 17.5 Å². The molecule has 1 saturated carbocycles. The zero-order valence-corrected chi connectivity index (χ0v) is 16.2. The van der Waals surface area contributed by atoms with Gasteiger partial charge in [-0.3, -0.25) is 9.59 Å². The first-order valence-corrected chi connectivity index (χ1v) is 9.42. The maximum Gasteiger partial charge on any atom is 0.274 e. The summed E-state index contributed by atoms with van der Waals surface area (Å²) < 4.78 is 10.4. The van der Waals surface area contributed by atoms with Crippen LogP contribution in [0.4, 0.5) is 5.69 Å². The Hall–Kier alpha value is -3.09. The van der Waals surface area contributed by atoms with Crippen molar-refractivity contribution in [3.8, 4) is 11.5 Å². The van der Waals surface area contributed by atoms with E-state index in [0.717, 1.165) is 25.7 Å². The number of nitrogens with zero attached hydrogens (tertiary/aromatic N) is 1. The van der Waals surface area contributed by atoms with Crippen molar-refractivity contribution < 1.29 is 19.1 Å². The zero-order valence-electron chi connectivity index (χ0n) is 16.2. The van der Waals surface area contributed by atoms with Gasteiger partial charge in [0.1, 0.15) is 22.9 Å². The molecule has 1 aromatic carbocycles. The molecule has 148 valence electrons. The molecule has 2 N–H and O–H groups in total. The lowest BCUT2D eigenvalue weighted by Crippen LogP contribution is -2.36. The van der Waals surface area contributed by atoms with Crippen molar-refractivity contribution in [3.63, 3.8) is 0 Å². The number of carbonyl (C=O) groups excluding carboxylic acids is 2. The molecule has 0 bridgehead atoms. The van der Waals surface area contributed by atoms with E-state index in [1.165, 1.54) is 13.5 Å². The molecule has 7 nitrogen and oxygen atoms in total. The molecule has 28 heavy (non-hydrogen) atoms. The Labute approximate surface area is 164 Å². The van der Waals surface area contributed by atoms with Crippen LogP contribution in [0.2, 0.25) is 0 Å². The smallest absolute Gasteiger partial charge is 0.274 e. The Bertz CT molecular complexity index is 847. The van der Waals surface area contributed by atoms with Crippen molar-refractivity contribution in [2.45, 2.75) is 38.1 Å². The van der Waals surface area contributed by atoms with Gasteiger partial charge in [0, 0.05) is 12.1 Å². The summed E-state index contributed by atoms with van der Waals surface area (Å²) in [5.41, 5.74) is 0.890. The molecule has 0 radical (unpaired) electrons. The number of amides is 2. The van der Waals surface area contributed by atoms with Gasteiger partial charge in [0.2, 0.25) is 0 Å². The summed E-state index contributed by atoms with van der Waals surface area (Å²) in [6, 6.07) is 10.1. The van der Waals surface area contributed by atoms with E-state index in [9.17, 15) is 9.59 Å². The third-order valence-electron chi connectivity index (χ3n) is 4.81. The van der Waals surface area contributed by atoms with Gasteiger partial charge < -0.3 is 20.1 Å². The highest BCUT2D eigenvalue weighted by molar-refractivity contribution is 6.04. The van der Waals surface area contributed by atoms with Gasteiger partial charge in [-0.15, -0.1) is 0 Å². The number of benzene rings is 1. The number of hydrogen-bond donors (Lipinski definition) is 2. The zero-order chi connectivity index (χ0) is 19.9. The number of rotatable bonds is 6. The fourth-order valence-corrected chi connectivity index (χ4v) is 3.28. The summed E-state index contributed by atoms with van der Waals surface area (Å²) in [5.74, 6) is 0.424. The molecule has 1 aromatic heterocycles. The fraction of sp³-hybridized carbons (Fsp3) is 0.381. The van der Waals surface area contributed by atoms with Crippen molar-refractivity contribution in [2.24, 2.45) is 0 Å². The van der Waals surface area contributed by atoms with E-state index in [2.05, 4.69) is 15.6 Å². The minimum atomic E-state index is -0.421. The van der Waals surface area contributed by atoms with Gasteiger partial charge in [0.15, 0.2) is 0 Å². The number of ether oxygens (including phenoxy) is 2. The standard InChI is InChI=1S/C21H25N3O4/c1-27-15-11-12-16(19(13-15)28-2)24-21(26)18-10-6-9-17(23-18)20(25)22-14-7-4-3-5-8-14/h6,9-14H,3-5,7-8H2,1-2H3,(H,22,25)(H,24,26). The fourth-order valence-electron chi connectivity index (χ4n) is 3.28. The van der Waals surface area contributed by atoms with Gasteiger partial charge in [0.25, 0.3) is 11.8 Å². The van der Waals surface area contributed by atoms with Gasteiger partial charge >= 0.3 is 0 Å². The third-order valence-corrected chi connectivity index (χ3v) is 4.81. The minimum Gasteiger partial charge on any atom is -0.497 e. The molecule has 7 heteroatoms. The predicted octanol–water partition coefficient (Wildman–Crippen LogP) is 3.41. The lowest BCUT2D eigenvalue weighted by molar-refractivity contribution is 0.0922. The molecule has 1 fully saturated rings. The molecular formula is C21H25N3O4. The second-order valence-electron chi connectivity index (χ2n) is 6.74. The Balaban J connectivity index is 1.71. The highest BCUT2D eigenvalue weighted by atomic mass is 16.5. The van der Waals surface area contributed by atoms with Crippen molar-refractivity contribution in [1.29, 1.82) is 0 Å². The first-order valence-electron chi connectivity index (χ1n) is 9.42. The minimum absolute atomic E-state index is 0.161. The number of pyridine rings is 1. The molecule has 1 aliphatic carbocycles. The van der Waals surface area contributed by atoms with Crippen LogP contribution in [0.5, 0.6) is 11.5 Å². The summed E-state index contributed by atoms with van der Waals surface area (Å²) in [6.07, 6.45) is 5.45. The van der Waals surface area contributed by atoms with Crippen LogP contribution < -0.4 is 20.1 Å². The van der Waals surface area contributed by atoms with Gasteiger partial charge in [-0.25, -0.2) is 4.98 Å². The van der Waals surface area contributed by atoms with E-state index >= 15 is 0 Å². The van der Waals surface area contributed by atoms with E-state index in [0.29, 0.717) is 17.2 Å². The Kier molecular flexibility index (Phi) is 6.47. The lowest BCUT2D eigenvalue weighted by Gasteiger charge is -2.22. The van der Waals surface area contributed by atoms with E-state index in [4.69, 9.17) is 9.47 Å². The monoisotopic (exact) mass is 383 g/mol. The van der Waals surface area contributed by atoms with E-state index in [1.807, 2.05) is 0 Å². The molecule has 0 spiro atoms. The highest BCUT2D eigenvalue weighted by Gasteiger charge is 2.19. The summed E-state index contributed by atoms with van der Waals surface area (Å²) in [4.78, 5) is 29.3. The van der Waals surface area contributed by atoms with Crippen LogP contribution in [-0.4, -0.2) is 37.1 Å². The van der Waals surface area contributed by atoms with Crippen LogP contribution in [0, 0.1) is 0 Å². The van der Waals surface area contributed by atoms with Gasteiger partial charge in [-0.1, -0.05) is 25.3 Å². The number of methoxy groups -OCH3 is 2. The molecule has 0 aliphatic heterocycles. The summed E-state index contributed by atoms with van der Waals surface area (Å²) >= 11 is 0. The molecule has 1 heterocycles. The second-order valence-corrected chi connectivity index (χ2v) is 6.74. The normalized spacial score (nSPS) is 14.2. The number of carbonyl (C=O) groups is 2. The first kappa shape index (κ1) is 19.7. The van der Waals surface area contributed by atoms with Crippen LogP contribution in [0.3, 0.4) is 0 Å². The molecule has 2 amide bonds. The van der Waals surface area contributed by atoms with Gasteiger partial charge in [-0.05, 0) is 37.1 Å². The maximum atomic E-state index is 12.6. The number of nitrogens with one attached hydrogen (secondary N) is 2. The predicted molar refractivity (Wildman–Crippen MR) is 106 cm³/mol. The lowest BCUT2D eigenvalue weighted by atomic mass is 9.95. The summed E-state index contributed by atoms with van der Waals surface area (Å²) in [6.45, 7) is 0. The molecule has 0 atom stereocenters. The highest BCUT2D eigenvalue weighted by Crippen LogP contribution is 2.29. The quantitative estimate of drug-likeness (QED) is 0.798. The van der Waals surface area contributed by atoms with Crippen LogP contribution in [0.1, 0.15) is 53.1 Å². The van der Waals surface area contributed by atoms with Crippen LogP contribution in [-0.2, 0) is 0 Å². The van der Waals surface area contributed by atoms with Crippen molar-refractivity contribution in [2.75, 3.05) is 19.5 Å². The Morgan fingerprint density at radius 3 is 2.36 bits per heavy atom. The Morgan fingerprint density at radius 1 is 0.964 bits per heavy atom. The summed E-state index contributed by atoms with van der Waals surface area (Å²) in [5, 5.41) is 5.78. The number of anilines is 1. The van der Waals surface area contributed by atoms with E-state index in [-0.39, 0.29) is 23.3 Å². The number of aromatic nitrogens is 1. The molecule has 0 saturated heterocycles. The largest absolute Gasteiger partial charge is 0.497 e. The van der Waals surface area contributed by atoms with Crippen molar-refractivity contribution in [3.05, 3.63) is 47.8 Å². The number of hydrogen-bond acceptors (Lipinski definition) is 5. The van der Waals surface area contributed by atoms with Gasteiger partial charge in [-0.2, -0.15) is 0 Å². The third kappa shape index (κ3) is 4.79. The molecule has 0 unspecified atom stereocenters. The van der Waals surface area contributed by atoms with E-state index < -0.39 is 5.91 Å². The molecule has 1 aliphatic rings. The first-order chi connectivity index (χ1) is 13.6. The molecule has 2 aromatic rings. The van der Waals surface area contributed by atoms with Crippen LogP contribution in [0.15, 0.2) is 36.4 Å². The Morgan fingerprint density at radius 2 is 1.68 bits per heavy atom.